The van der Waals surface area contributed by atoms with E-state index in [2.05, 4.69) is 9.72 Å². The van der Waals surface area contributed by atoms with Crippen LogP contribution >= 0.6 is 0 Å². The number of rotatable bonds is 1. The van der Waals surface area contributed by atoms with Crippen LogP contribution in [0.3, 0.4) is 0 Å². The van der Waals surface area contributed by atoms with Crippen LogP contribution in [0.1, 0.15) is 0 Å². The summed E-state index contributed by atoms with van der Waals surface area (Å²) in [6, 6.07) is 0.928. The molecule has 2 nitrogen and oxygen atoms in total. The first-order chi connectivity index (χ1) is 4.75. The van der Waals surface area contributed by atoms with Crippen LogP contribution in [0.25, 0.3) is 0 Å². The molecule has 0 aliphatic rings. The molecule has 0 amide bonds. The minimum Gasteiger partial charge on any atom is -0.479 e. The molecule has 0 radical (unpaired) electrons. The topological polar surface area (TPSA) is 22.1 Å². The molecule has 1 aromatic heterocycles. The Bertz CT molecular complexity index is 239. The Balaban J connectivity index is 3.14. The van der Waals surface area contributed by atoms with Gasteiger partial charge in [0.15, 0.2) is 5.82 Å². The van der Waals surface area contributed by atoms with Crippen molar-refractivity contribution in [2.45, 2.75) is 0 Å². The van der Waals surface area contributed by atoms with Gasteiger partial charge in [-0.25, -0.2) is 9.37 Å². The van der Waals surface area contributed by atoms with E-state index in [1.54, 1.807) is 0 Å². The summed E-state index contributed by atoms with van der Waals surface area (Å²) >= 11 is 0. The van der Waals surface area contributed by atoms with E-state index in [0.717, 1.165) is 12.3 Å². The average Bonchev–Trinajstić information content (AvgIpc) is 1.95. The van der Waals surface area contributed by atoms with Crippen molar-refractivity contribution in [1.82, 2.24) is 4.98 Å². The summed E-state index contributed by atoms with van der Waals surface area (Å²) in [6.07, 6.45) is 1.14. The van der Waals surface area contributed by atoms with Crippen LogP contribution in [0.2, 0.25) is 0 Å². The van der Waals surface area contributed by atoms with Gasteiger partial charge in [0.1, 0.15) is 0 Å². The summed E-state index contributed by atoms with van der Waals surface area (Å²) < 4.78 is 29.1. The molecule has 0 aliphatic heterocycles. The second-order valence-electron chi connectivity index (χ2n) is 1.62. The van der Waals surface area contributed by atoms with Crippen molar-refractivity contribution in [3.63, 3.8) is 0 Å². The quantitative estimate of drug-likeness (QED) is 0.595. The van der Waals surface area contributed by atoms with Gasteiger partial charge in [0.25, 0.3) is 5.88 Å². The molecular weight excluding hydrogens is 140 g/mol. The van der Waals surface area contributed by atoms with Gasteiger partial charge in [-0.15, -0.1) is 0 Å². The molecule has 0 unspecified atom stereocenters. The molecule has 0 saturated heterocycles. The second kappa shape index (κ2) is 2.60. The lowest BCUT2D eigenvalue weighted by molar-refractivity contribution is 0.355. The van der Waals surface area contributed by atoms with E-state index in [9.17, 15) is 8.78 Å². The van der Waals surface area contributed by atoms with Gasteiger partial charge in [-0.3, -0.25) is 0 Å². The molecule has 1 aromatic rings. The fourth-order valence-electron chi connectivity index (χ4n) is 0.545. The third-order valence-corrected chi connectivity index (χ3v) is 1.00. The predicted molar refractivity (Wildman–Crippen MR) is 30.7 cm³/mol. The van der Waals surface area contributed by atoms with Crippen LogP contribution < -0.4 is 4.74 Å². The lowest BCUT2D eigenvalue weighted by Gasteiger charge is -1.98. The molecule has 0 spiro atoms. The molecule has 54 valence electrons. The normalized spacial score (nSPS) is 9.50. The van der Waals surface area contributed by atoms with Crippen molar-refractivity contribution in [1.29, 1.82) is 0 Å². The number of hydrogen-bond acceptors (Lipinski definition) is 2. The minimum atomic E-state index is -1.05. The number of nitrogens with zero attached hydrogens (tertiary/aromatic N) is 1. The molecule has 0 aliphatic carbocycles. The largest absolute Gasteiger partial charge is 0.479 e. The highest BCUT2D eigenvalue weighted by molar-refractivity contribution is 5.14. The molecule has 0 saturated carbocycles. The Kier molecular flexibility index (Phi) is 1.80. The molecule has 0 fully saturated rings. The first kappa shape index (κ1) is 6.92. The first-order valence-corrected chi connectivity index (χ1v) is 2.59. The van der Waals surface area contributed by atoms with E-state index in [4.69, 9.17) is 0 Å². The van der Waals surface area contributed by atoms with Gasteiger partial charge in [-0.2, -0.15) is 4.39 Å². The van der Waals surface area contributed by atoms with Crippen LogP contribution in [-0.4, -0.2) is 12.1 Å². The Morgan fingerprint density at radius 3 is 2.70 bits per heavy atom. The predicted octanol–water partition coefficient (Wildman–Crippen LogP) is 1.37. The Hall–Kier alpha value is -1.19. The zero-order chi connectivity index (χ0) is 7.56. The lowest BCUT2D eigenvalue weighted by atomic mass is 10.4. The van der Waals surface area contributed by atoms with Gasteiger partial charge in [-0.05, 0) is 6.07 Å². The summed E-state index contributed by atoms with van der Waals surface area (Å²) in [5, 5.41) is 0. The summed E-state index contributed by atoms with van der Waals surface area (Å²) in [7, 11) is 1.23. The van der Waals surface area contributed by atoms with Crippen LogP contribution in [0, 0.1) is 11.6 Å². The lowest BCUT2D eigenvalue weighted by Crippen LogP contribution is -1.93. The molecule has 0 atom stereocenters. The molecular formula is C6H5F2NO. The second-order valence-corrected chi connectivity index (χ2v) is 1.62. The highest BCUT2D eigenvalue weighted by Crippen LogP contribution is 2.14. The van der Waals surface area contributed by atoms with Gasteiger partial charge in [0.2, 0.25) is 5.82 Å². The highest BCUT2D eigenvalue weighted by atomic mass is 19.2. The highest BCUT2D eigenvalue weighted by Gasteiger charge is 2.07. The van der Waals surface area contributed by atoms with Crippen LogP contribution in [-0.2, 0) is 0 Å². The van der Waals surface area contributed by atoms with Gasteiger partial charge >= 0.3 is 0 Å². The maximum Gasteiger partial charge on any atom is 0.253 e. The number of halogens is 2. The molecule has 1 rings (SSSR count). The third-order valence-electron chi connectivity index (χ3n) is 1.00. The van der Waals surface area contributed by atoms with Crippen molar-refractivity contribution in [3.8, 4) is 5.88 Å². The van der Waals surface area contributed by atoms with Gasteiger partial charge in [-0.1, -0.05) is 0 Å². The van der Waals surface area contributed by atoms with Gasteiger partial charge in [0.05, 0.1) is 7.11 Å². The van der Waals surface area contributed by atoms with E-state index in [-0.39, 0.29) is 5.88 Å². The standard InChI is InChI=1S/C6H5F2NO/c1-10-6-5(8)4(7)2-3-9-6/h2-3H,1H3. The number of pyridine rings is 1. The zero-order valence-corrected chi connectivity index (χ0v) is 5.27. The van der Waals surface area contributed by atoms with Crippen molar-refractivity contribution >= 4 is 0 Å². The summed E-state index contributed by atoms with van der Waals surface area (Å²) in [4.78, 5) is 3.42. The molecule has 4 heteroatoms. The summed E-state index contributed by atoms with van der Waals surface area (Å²) in [5.41, 5.74) is 0. The third kappa shape index (κ3) is 1.05. The average molecular weight is 145 g/mol. The Morgan fingerprint density at radius 1 is 1.50 bits per heavy atom. The van der Waals surface area contributed by atoms with E-state index in [1.165, 1.54) is 7.11 Å². The van der Waals surface area contributed by atoms with Crippen molar-refractivity contribution in [2.75, 3.05) is 7.11 Å². The molecule has 0 N–H and O–H groups in total. The van der Waals surface area contributed by atoms with Crippen molar-refractivity contribution < 1.29 is 13.5 Å². The SMILES string of the molecule is COc1nccc(F)c1F. The van der Waals surface area contributed by atoms with E-state index < -0.39 is 11.6 Å². The number of hydrogen-bond donors (Lipinski definition) is 0. The van der Waals surface area contributed by atoms with Crippen LogP contribution in [0.4, 0.5) is 8.78 Å². The minimum absolute atomic E-state index is 0.319. The van der Waals surface area contributed by atoms with E-state index in [1.807, 2.05) is 0 Å². The first-order valence-electron chi connectivity index (χ1n) is 2.59. The Morgan fingerprint density at radius 2 is 2.20 bits per heavy atom. The number of aromatic nitrogens is 1. The smallest absolute Gasteiger partial charge is 0.253 e. The van der Waals surface area contributed by atoms with E-state index >= 15 is 0 Å². The van der Waals surface area contributed by atoms with Crippen molar-refractivity contribution in [3.05, 3.63) is 23.9 Å². The summed E-state index contributed by atoms with van der Waals surface area (Å²) in [6.45, 7) is 0. The van der Waals surface area contributed by atoms with Gasteiger partial charge in [0, 0.05) is 6.20 Å². The number of methoxy groups -OCH3 is 1. The van der Waals surface area contributed by atoms with Gasteiger partial charge < -0.3 is 4.74 Å². The molecule has 1 heterocycles. The molecule has 0 bridgehead atoms. The molecule has 10 heavy (non-hydrogen) atoms. The van der Waals surface area contributed by atoms with Crippen LogP contribution in [0.5, 0.6) is 5.88 Å². The number of ether oxygens (including phenoxy) is 1. The fraction of sp³-hybridized carbons (Fsp3) is 0.167. The fourth-order valence-corrected chi connectivity index (χ4v) is 0.545. The van der Waals surface area contributed by atoms with E-state index in [0.29, 0.717) is 0 Å². The van der Waals surface area contributed by atoms with Crippen LogP contribution in [0.15, 0.2) is 12.3 Å². The summed E-state index contributed by atoms with van der Waals surface area (Å²) in [5.74, 6) is -2.32. The maximum atomic E-state index is 12.4. The Labute approximate surface area is 56.5 Å². The maximum absolute atomic E-state index is 12.4. The van der Waals surface area contributed by atoms with Crippen molar-refractivity contribution in [2.24, 2.45) is 0 Å². The zero-order valence-electron chi connectivity index (χ0n) is 5.27. The monoisotopic (exact) mass is 145 g/mol. The molecule has 0 aromatic carbocycles.